The molecule has 1 aliphatic carbocycles. The van der Waals surface area contributed by atoms with Crippen LogP contribution in [0, 0.1) is 5.41 Å². The molecule has 1 aromatic rings. The third-order valence-electron chi connectivity index (χ3n) is 3.65. The summed E-state index contributed by atoms with van der Waals surface area (Å²) in [7, 11) is 0. The van der Waals surface area contributed by atoms with Crippen molar-refractivity contribution in [2.75, 3.05) is 6.54 Å². The molecule has 1 amide bonds. The Morgan fingerprint density at radius 3 is 2.53 bits per heavy atom. The van der Waals surface area contributed by atoms with Crippen LogP contribution in [0.5, 0.6) is 0 Å². The largest absolute Gasteiger partial charge is 0.481 e. The van der Waals surface area contributed by atoms with E-state index in [-0.39, 0.29) is 12.5 Å². The van der Waals surface area contributed by atoms with Crippen molar-refractivity contribution in [1.82, 2.24) is 5.32 Å². The molecule has 2 N–H and O–H groups in total. The van der Waals surface area contributed by atoms with Crippen LogP contribution in [0.4, 0.5) is 0 Å². The molecule has 0 atom stereocenters. The zero-order valence-corrected chi connectivity index (χ0v) is 12.0. The molecular weight excluding hydrogens is 286 g/mol. The quantitative estimate of drug-likeness (QED) is 0.897. The molecule has 1 fully saturated rings. The van der Waals surface area contributed by atoms with Crippen LogP contribution in [0.2, 0.25) is 4.34 Å². The SMILES string of the molecule is O=C(NCC1(C(=O)O)CCCCC1)c1ccc(Cl)s1. The molecule has 0 saturated heterocycles. The maximum atomic E-state index is 11.9. The van der Waals surface area contributed by atoms with Gasteiger partial charge in [0.25, 0.3) is 5.91 Å². The van der Waals surface area contributed by atoms with E-state index in [0.29, 0.717) is 22.1 Å². The van der Waals surface area contributed by atoms with Crippen LogP contribution >= 0.6 is 22.9 Å². The monoisotopic (exact) mass is 301 g/mol. The van der Waals surface area contributed by atoms with Crippen molar-refractivity contribution in [1.29, 1.82) is 0 Å². The zero-order chi connectivity index (χ0) is 13.9. The molecule has 0 aromatic carbocycles. The molecule has 4 nitrogen and oxygen atoms in total. The second kappa shape index (κ2) is 5.92. The minimum absolute atomic E-state index is 0.191. The van der Waals surface area contributed by atoms with Crippen molar-refractivity contribution in [3.05, 3.63) is 21.3 Å². The maximum absolute atomic E-state index is 11.9. The van der Waals surface area contributed by atoms with Crippen LogP contribution in [0.25, 0.3) is 0 Å². The van der Waals surface area contributed by atoms with Crippen LogP contribution in [0.15, 0.2) is 12.1 Å². The Kier molecular flexibility index (Phi) is 4.47. The lowest BCUT2D eigenvalue weighted by atomic mass is 9.74. The third-order valence-corrected chi connectivity index (χ3v) is 4.88. The van der Waals surface area contributed by atoms with Crippen LogP contribution in [-0.2, 0) is 4.79 Å². The summed E-state index contributed by atoms with van der Waals surface area (Å²) in [6, 6.07) is 3.31. The van der Waals surface area contributed by atoms with E-state index in [9.17, 15) is 14.7 Å². The highest BCUT2D eigenvalue weighted by atomic mass is 35.5. The Labute approximate surface area is 120 Å². The van der Waals surface area contributed by atoms with E-state index in [4.69, 9.17) is 11.6 Å². The summed E-state index contributed by atoms with van der Waals surface area (Å²) < 4.78 is 0.552. The number of carboxylic acid groups (broad SMARTS) is 1. The van der Waals surface area contributed by atoms with Crippen molar-refractivity contribution < 1.29 is 14.7 Å². The predicted molar refractivity (Wildman–Crippen MR) is 74.8 cm³/mol. The van der Waals surface area contributed by atoms with E-state index < -0.39 is 11.4 Å². The molecule has 1 saturated carbocycles. The molecule has 0 bridgehead atoms. The first-order chi connectivity index (χ1) is 9.03. The van der Waals surface area contributed by atoms with Crippen molar-refractivity contribution in [2.24, 2.45) is 5.41 Å². The highest BCUT2D eigenvalue weighted by Crippen LogP contribution is 2.36. The van der Waals surface area contributed by atoms with Crippen LogP contribution < -0.4 is 5.32 Å². The summed E-state index contributed by atoms with van der Waals surface area (Å²) in [5.74, 6) is -1.06. The number of carboxylic acids is 1. The minimum Gasteiger partial charge on any atom is -0.481 e. The first-order valence-corrected chi connectivity index (χ1v) is 7.50. The molecule has 104 valence electrons. The van der Waals surface area contributed by atoms with Crippen molar-refractivity contribution in [3.8, 4) is 0 Å². The van der Waals surface area contributed by atoms with E-state index in [0.717, 1.165) is 19.3 Å². The van der Waals surface area contributed by atoms with Gasteiger partial charge in [0.2, 0.25) is 0 Å². The van der Waals surface area contributed by atoms with Crippen molar-refractivity contribution >= 4 is 34.8 Å². The number of aliphatic carboxylic acids is 1. The number of nitrogens with one attached hydrogen (secondary N) is 1. The highest BCUT2D eigenvalue weighted by molar-refractivity contribution is 7.17. The van der Waals surface area contributed by atoms with Gasteiger partial charge in [-0.15, -0.1) is 11.3 Å². The number of rotatable bonds is 4. The summed E-state index contributed by atoms with van der Waals surface area (Å²) in [6.45, 7) is 0.191. The fraction of sp³-hybridized carbons (Fsp3) is 0.538. The molecule has 0 spiro atoms. The highest BCUT2D eigenvalue weighted by Gasteiger charge is 2.39. The average molecular weight is 302 g/mol. The molecule has 0 unspecified atom stereocenters. The Morgan fingerprint density at radius 2 is 2.00 bits per heavy atom. The summed E-state index contributed by atoms with van der Waals surface area (Å²) >= 11 is 6.97. The fourth-order valence-electron chi connectivity index (χ4n) is 2.47. The molecule has 19 heavy (non-hydrogen) atoms. The summed E-state index contributed by atoms with van der Waals surface area (Å²) in [5, 5.41) is 12.1. The average Bonchev–Trinajstić information content (AvgIpc) is 2.83. The number of hydrogen-bond donors (Lipinski definition) is 2. The molecule has 1 aromatic heterocycles. The Morgan fingerprint density at radius 1 is 1.32 bits per heavy atom. The Balaban J connectivity index is 1.99. The first kappa shape index (κ1) is 14.3. The van der Waals surface area contributed by atoms with Crippen LogP contribution in [0.1, 0.15) is 41.8 Å². The summed E-state index contributed by atoms with van der Waals surface area (Å²) in [4.78, 5) is 23.9. The van der Waals surface area contributed by atoms with Gasteiger partial charge in [-0.25, -0.2) is 0 Å². The van der Waals surface area contributed by atoms with Crippen LogP contribution in [0.3, 0.4) is 0 Å². The second-order valence-corrected chi connectivity index (χ2v) is 6.65. The van der Waals surface area contributed by atoms with Gasteiger partial charge < -0.3 is 10.4 Å². The fourth-order valence-corrected chi connectivity index (χ4v) is 3.43. The molecule has 1 heterocycles. The van der Waals surface area contributed by atoms with Gasteiger partial charge >= 0.3 is 5.97 Å². The molecular formula is C13H16ClNO3S. The van der Waals surface area contributed by atoms with Gasteiger partial charge in [-0.3, -0.25) is 9.59 Å². The smallest absolute Gasteiger partial charge is 0.311 e. The van der Waals surface area contributed by atoms with E-state index in [1.807, 2.05) is 0 Å². The third kappa shape index (κ3) is 3.28. The minimum atomic E-state index is -0.809. The van der Waals surface area contributed by atoms with Gasteiger partial charge in [-0.05, 0) is 25.0 Å². The number of thiophene rings is 1. The summed E-state index contributed by atoms with van der Waals surface area (Å²) in [6.07, 6.45) is 4.16. The number of halogens is 1. The maximum Gasteiger partial charge on any atom is 0.311 e. The van der Waals surface area contributed by atoms with Crippen molar-refractivity contribution in [2.45, 2.75) is 32.1 Å². The molecule has 0 aliphatic heterocycles. The number of carbonyl (C=O) groups is 2. The van der Waals surface area contributed by atoms with Crippen molar-refractivity contribution in [3.63, 3.8) is 0 Å². The molecule has 0 radical (unpaired) electrons. The lowest BCUT2D eigenvalue weighted by Gasteiger charge is -2.33. The van der Waals surface area contributed by atoms with E-state index in [1.54, 1.807) is 12.1 Å². The zero-order valence-electron chi connectivity index (χ0n) is 10.4. The number of carbonyl (C=O) groups excluding carboxylic acids is 1. The lowest BCUT2D eigenvalue weighted by molar-refractivity contribution is -0.150. The van der Waals surface area contributed by atoms with E-state index in [1.165, 1.54) is 11.3 Å². The van der Waals surface area contributed by atoms with Gasteiger partial charge in [0, 0.05) is 6.54 Å². The number of amides is 1. The van der Waals surface area contributed by atoms with Gasteiger partial charge in [-0.1, -0.05) is 30.9 Å². The number of hydrogen-bond acceptors (Lipinski definition) is 3. The van der Waals surface area contributed by atoms with Gasteiger partial charge in [0.15, 0.2) is 0 Å². The first-order valence-electron chi connectivity index (χ1n) is 6.30. The molecule has 1 aliphatic rings. The topological polar surface area (TPSA) is 66.4 Å². The van der Waals surface area contributed by atoms with Gasteiger partial charge in [0.05, 0.1) is 14.6 Å². The normalized spacial score (nSPS) is 17.9. The predicted octanol–water partition coefficient (Wildman–Crippen LogP) is 3.17. The second-order valence-electron chi connectivity index (χ2n) is 4.93. The van der Waals surface area contributed by atoms with E-state index in [2.05, 4.69) is 5.32 Å². The van der Waals surface area contributed by atoms with Gasteiger partial charge in [-0.2, -0.15) is 0 Å². The Bertz CT molecular complexity index is 480. The summed E-state index contributed by atoms with van der Waals surface area (Å²) in [5.41, 5.74) is -0.797. The lowest BCUT2D eigenvalue weighted by Crippen LogP contribution is -2.44. The van der Waals surface area contributed by atoms with E-state index >= 15 is 0 Å². The molecule has 2 rings (SSSR count). The van der Waals surface area contributed by atoms with Gasteiger partial charge in [0.1, 0.15) is 0 Å². The van der Waals surface area contributed by atoms with Crippen LogP contribution in [-0.4, -0.2) is 23.5 Å². The Hall–Kier alpha value is -1.07. The standard InChI is InChI=1S/C13H16ClNO3S/c14-10-5-4-9(19-10)11(16)15-8-13(12(17)18)6-2-1-3-7-13/h4-5H,1-3,6-8H2,(H,15,16)(H,17,18). The molecule has 6 heteroatoms.